The number of allylic oxidation sites excluding steroid dienone is 1. The molecule has 0 bridgehead atoms. The Bertz CT molecular complexity index is 930. The summed E-state index contributed by atoms with van der Waals surface area (Å²) in [7, 11) is 0. The van der Waals surface area contributed by atoms with E-state index in [1.54, 1.807) is 45.0 Å². The van der Waals surface area contributed by atoms with Gasteiger partial charge in [-0.05, 0) is 31.9 Å². The molecule has 6 heteroatoms. The molecule has 0 aromatic heterocycles. The molecule has 1 atom stereocenters. The Balaban J connectivity index is 2.28. The molecular formula is C22H20Cl2O4. The van der Waals surface area contributed by atoms with Crippen LogP contribution in [0.15, 0.2) is 42.0 Å². The lowest BCUT2D eigenvalue weighted by atomic mass is 9.97. The average molecular weight is 419 g/mol. The second-order valence-electron chi connectivity index (χ2n) is 6.27. The van der Waals surface area contributed by atoms with Crippen molar-refractivity contribution in [3.8, 4) is 23.8 Å². The highest BCUT2D eigenvalue weighted by molar-refractivity contribution is 6.37. The number of ether oxygens (including phenoxy) is 2. The molecule has 2 aromatic carbocycles. The Hall–Kier alpha value is -2.61. The van der Waals surface area contributed by atoms with E-state index >= 15 is 0 Å². The summed E-state index contributed by atoms with van der Waals surface area (Å²) >= 11 is 12.5. The first-order chi connectivity index (χ1) is 13.2. The van der Waals surface area contributed by atoms with E-state index in [1.165, 1.54) is 0 Å². The second kappa shape index (κ2) is 9.54. The van der Waals surface area contributed by atoms with Crippen molar-refractivity contribution in [2.24, 2.45) is 0 Å². The molecule has 0 spiro atoms. The summed E-state index contributed by atoms with van der Waals surface area (Å²) in [5.74, 6) is 2.18. The number of aliphatic carboxylic acids is 1. The Morgan fingerprint density at radius 1 is 1.21 bits per heavy atom. The van der Waals surface area contributed by atoms with Crippen LogP contribution < -0.4 is 9.47 Å². The molecule has 0 aliphatic carbocycles. The number of carbonyl (C=O) groups is 1. The van der Waals surface area contributed by atoms with Crippen LogP contribution in [0.25, 0.3) is 5.57 Å². The molecular weight excluding hydrogens is 399 g/mol. The molecule has 2 rings (SSSR count). The summed E-state index contributed by atoms with van der Waals surface area (Å²) in [6, 6.07) is 10.3. The van der Waals surface area contributed by atoms with Crippen LogP contribution in [0, 0.1) is 12.3 Å². The third kappa shape index (κ3) is 5.22. The van der Waals surface area contributed by atoms with Gasteiger partial charge in [0.1, 0.15) is 12.4 Å². The predicted octanol–water partition coefficient (Wildman–Crippen LogP) is 5.85. The fraction of sp³-hybridized carbons (Fsp3) is 0.227. The van der Waals surface area contributed by atoms with E-state index in [9.17, 15) is 9.90 Å². The standard InChI is InChI=1S/C22H20Cl2O4/c1-5-14(4)28-21-18(23)10-16(11-19(21)24)27-12-15-8-6-7-9-17(15)20(13(2)3)22(25)26/h1,6-11,14H,12H2,2-4H3,(H,25,26). The van der Waals surface area contributed by atoms with Crippen molar-refractivity contribution in [1.29, 1.82) is 0 Å². The average Bonchev–Trinajstić information content (AvgIpc) is 2.63. The molecule has 0 heterocycles. The molecule has 0 saturated carbocycles. The first-order valence-corrected chi connectivity index (χ1v) is 9.23. The molecule has 28 heavy (non-hydrogen) atoms. The summed E-state index contributed by atoms with van der Waals surface area (Å²) < 4.78 is 11.3. The number of hydrogen-bond acceptors (Lipinski definition) is 3. The van der Waals surface area contributed by atoms with E-state index in [-0.39, 0.29) is 22.2 Å². The zero-order chi connectivity index (χ0) is 20.8. The molecule has 1 unspecified atom stereocenters. The van der Waals surface area contributed by atoms with Gasteiger partial charge in [-0.15, -0.1) is 6.42 Å². The number of terminal acetylenes is 1. The van der Waals surface area contributed by atoms with Gasteiger partial charge in [0.15, 0.2) is 11.9 Å². The van der Waals surface area contributed by atoms with Crippen molar-refractivity contribution >= 4 is 34.7 Å². The summed E-state index contributed by atoms with van der Waals surface area (Å²) in [5, 5.41) is 10.1. The maximum atomic E-state index is 11.6. The van der Waals surface area contributed by atoms with Crippen LogP contribution >= 0.6 is 23.2 Å². The molecule has 0 radical (unpaired) electrons. The molecule has 0 aliphatic heterocycles. The minimum atomic E-state index is -0.984. The van der Waals surface area contributed by atoms with Crippen LogP contribution in [0.2, 0.25) is 10.0 Å². The highest BCUT2D eigenvalue weighted by Gasteiger charge is 2.17. The van der Waals surface area contributed by atoms with Crippen molar-refractivity contribution in [3.63, 3.8) is 0 Å². The Labute approximate surface area is 174 Å². The van der Waals surface area contributed by atoms with Gasteiger partial charge in [0.25, 0.3) is 0 Å². The number of benzene rings is 2. The van der Waals surface area contributed by atoms with Gasteiger partial charge in [0, 0.05) is 12.1 Å². The van der Waals surface area contributed by atoms with Gasteiger partial charge in [0.2, 0.25) is 0 Å². The monoisotopic (exact) mass is 418 g/mol. The van der Waals surface area contributed by atoms with E-state index in [4.69, 9.17) is 39.1 Å². The van der Waals surface area contributed by atoms with Gasteiger partial charge in [0.05, 0.1) is 15.6 Å². The first kappa shape index (κ1) is 21.7. The van der Waals surface area contributed by atoms with Crippen LogP contribution in [-0.4, -0.2) is 17.2 Å². The minimum Gasteiger partial charge on any atom is -0.489 e. The Morgan fingerprint density at radius 3 is 2.36 bits per heavy atom. The van der Waals surface area contributed by atoms with Crippen LogP contribution in [0.5, 0.6) is 11.5 Å². The van der Waals surface area contributed by atoms with Crippen molar-refractivity contribution < 1.29 is 19.4 Å². The van der Waals surface area contributed by atoms with E-state index in [0.717, 1.165) is 5.56 Å². The molecule has 0 amide bonds. The van der Waals surface area contributed by atoms with Crippen molar-refractivity contribution in [2.45, 2.75) is 33.5 Å². The van der Waals surface area contributed by atoms with Crippen LogP contribution in [-0.2, 0) is 11.4 Å². The third-order valence-corrected chi connectivity index (χ3v) is 4.46. The SMILES string of the molecule is C#CC(C)Oc1c(Cl)cc(OCc2ccccc2C(C(=O)O)=C(C)C)cc1Cl. The largest absolute Gasteiger partial charge is 0.489 e. The Morgan fingerprint density at radius 2 is 1.82 bits per heavy atom. The highest BCUT2D eigenvalue weighted by Crippen LogP contribution is 2.38. The second-order valence-corrected chi connectivity index (χ2v) is 7.08. The molecule has 4 nitrogen and oxygen atoms in total. The zero-order valence-corrected chi connectivity index (χ0v) is 17.3. The van der Waals surface area contributed by atoms with Gasteiger partial charge in [-0.1, -0.05) is 59.0 Å². The highest BCUT2D eigenvalue weighted by atomic mass is 35.5. The molecule has 0 saturated heterocycles. The quantitative estimate of drug-likeness (QED) is 0.452. The molecule has 1 N–H and O–H groups in total. The lowest BCUT2D eigenvalue weighted by molar-refractivity contribution is -0.130. The van der Waals surface area contributed by atoms with E-state index < -0.39 is 12.1 Å². The summed E-state index contributed by atoms with van der Waals surface area (Å²) in [6.45, 7) is 5.37. The molecule has 0 aliphatic rings. The van der Waals surface area contributed by atoms with Crippen molar-refractivity contribution in [1.82, 2.24) is 0 Å². The lowest BCUT2D eigenvalue weighted by Crippen LogP contribution is -2.09. The van der Waals surface area contributed by atoms with E-state index in [2.05, 4.69) is 5.92 Å². The van der Waals surface area contributed by atoms with Gasteiger partial charge < -0.3 is 14.6 Å². The molecule has 0 fully saturated rings. The van der Waals surface area contributed by atoms with Gasteiger partial charge in [-0.25, -0.2) is 4.79 Å². The van der Waals surface area contributed by atoms with Crippen molar-refractivity contribution in [3.05, 3.63) is 63.1 Å². The van der Waals surface area contributed by atoms with Crippen molar-refractivity contribution in [2.75, 3.05) is 0 Å². The number of halogens is 2. The zero-order valence-electron chi connectivity index (χ0n) is 15.8. The topological polar surface area (TPSA) is 55.8 Å². The Kier molecular flexibility index (Phi) is 7.39. The van der Waals surface area contributed by atoms with Crippen LogP contribution in [0.1, 0.15) is 31.9 Å². The van der Waals surface area contributed by atoms with E-state index in [1.807, 2.05) is 12.1 Å². The smallest absolute Gasteiger partial charge is 0.336 e. The fourth-order valence-corrected chi connectivity index (χ4v) is 3.15. The summed E-state index contributed by atoms with van der Waals surface area (Å²) in [5.41, 5.74) is 2.29. The maximum Gasteiger partial charge on any atom is 0.336 e. The van der Waals surface area contributed by atoms with Crippen LogP contribution in [0.4, 0.5) is 0 Å². The van der Waals surface area contributed by atoms with E-state index in [0.29, 0.717) is 22.6 Å². The fourth-order valence-electron chi connectivity index (χ4n) is 2.59. The lowest BCUT2D eigenvalue weighted by Gasteiger charge is -2.16. The summed E-state index contributed by atoms with van der Waals surface area (Å²) in [4.78, 5) is 11.6. The number of rotatable bonds is 7. The van der Waals surface area contributed by atoms with Gasteiger partial charge in [-0.3, -0.25) is 0 Å². The minimum absolute atomic E-state index is 0.147. The first-order valence-electron chi connectivity index (χ1n) is 8.48. The van der Waals surface area contributed by atoms with Crippen LogP contribution in [0.3, 0.4) is 0 Å². The normalized spacial score (nSPS) is 11.3. The summed E-state index contributed by atoms with van der Waals surface area (Å²) in [6.07, 6.45) is 4.83. The number of hydrogen-bond donors (Lipinski definition) is 1. The third-order valence-electron chi connectivity index (χ3n) is 3.90. The molecule has 2 aromatic rings. The number of carboxylic acid groups (broad SMARTS) is 1. The predicted molar refractivity (Wildman–Crippen MR) is 112 cm³/mol. The van der Waals surface area contributed by atoms with Gasteiger partial charge in [-0.2, -0.15) is 0 Å². The van der Waals surface area contributed by atoms with Gasteiger partial charge >= 0.3 is 5.97 Å². The number of carboxylic acids is 1. The maximum absolute atomic E-state index is 11.6. The molecule has 146 valence electrons.